The average molecular weight is 334 g/mol. The number of benzene rings is 1. The summed E-state index contributed by atoms with van der Waals surface area (Å²) in [6.45, 7) is 1.20. The summed E-state index contributed by atoms with van der Waals surface area (Å²) in [5.41, 5.74) is 1.54. The number of anilines is 1. The number of hydrogen-bond acceptors (Lipinski definition) is 6. The van der Waals surface area contributed by atoms with E-state index in [2.05, 4.69) is 4.98 Å². The Morgan fingerprint density at radius 3 is 2.78 bits per heavy atom. The van der Waals surface area contributed by atoms with E-state index in [0.29, 0.717) is 18.7 Å². The molecule has 1 aliphatic heterocycles. The zero-order valence-corrected chi connectivity index (χ0v) is 13.1. The fourth-order valence-corrected chi connectivity index (χ4v) is 3.11. The molecule has 8 heteroatoms. The number of imidazole rings is 1. The van der Waals surface area contributed by atoms with Gasteiger partial charge in [0, 0.05) is 30.4 Å². The lowest BCUT2D eigenvalue weighted by molar-refractivity contribution is -0.117. The van der Waals surface area contributed by atoms with E-state index in [9.17, 15) is 13.6 Å². The van der Waals surface area contributed by atoms with Crippen molar-refractivity contribution in [1.29, 1.82) is 0 Å². The van der Waals surface area contributed by atoms with Crippen molar-refractivity contribution in [3.8, 4) is 0 Å². The molecule has 2 aromatic rings. The second kappa shape index (κ2) is 7.03. The van der Waals surface area contributed by atoms with Crippen molar-refractivity contribution >= 4 is 23.1 Å². The zero-order valence-electron chi connectivity index (χ0n) is 12.3. The summed E-state index contributed by atoms with van der Waals surface area (Å²) in [6, 6.07) is 7.11. The molecule has 0 N–H and O–H groups in total. The standard InChI is InChI=1S/C15H17N3O4S/c19-9-15-18(8-14(22-15)7-17-6-5-16-11-17)13-3-1-12(2-4-13)10-23(20)21/h1-6,9,11,14-15H,7-8,10H2,(H,20,21)/p-1/t14-,15?/m0/s1. The Labute approximate surface area is 136 Å². The third-order valence-corrected chi connectivity index (χ3v) is 4.25. The van der Waals surface area contributed by atoms with E-state index < -0.39 is 17.3 Å². The van der Waals surface area contributed by atoms with Crippen LogP contribution in [-0.4, -0.2) is 43.5 Å². The Hall–Kier alpha value is -2.03. The second-order valence-electron chi connectivity index (χ2n) is 5.31. The lowest BCUT2D eigenvalue weighted by Gasteiger charge is -2.21. The molecular formula is C15H16N3O4S-. The number of aromatic nitrogens is 2. The summed E-state index contributed by atoms with van der Waals surface area (Å²) in [7, 11) is 0. The highest BCUT2D eigenvalue weighted by atomic mass is 32.2. The lowest BCUT2D eigenvalue weighted by atomic mass is 10.2. The van der Waals surface area contributed by atoms with E-state index in [0.717, 1.165) is 12.0 Å². The van der Waals surface area contributed by atoms with Crippen LogP contribution in [-0.2, 0) is 32.9 Å². The van der Waals surface area contributed by atoms with Crippen LogP contribution >= 0.6 is 0 Å². The van der Waals surface area contributed by atoms with Crippen LogP contribution in [0.15, 0.2) is 43.0 Å². The van der Waals surface area contributed by atoms with Gasteiger partial charge in [-0.05, 0) is 17.7 Å². The summed E-state index contributed by atoms with van der Waals surface area (Å²) in [5.74, 6) is -0.0167. The molecule has 3 atom stereocenters. The first-order valence-electron chi connectivity index (χ1n) is 7.13. The van der Waals surface area contributed by atoms with Crippen molar-refractivity contribution in [3.05, 3.63) is 48.5 Å². The van der Waals surface area contributed by atoms with Gasteiger partial charge in [-0.1, -0.05) is 23.2 Å². The molecule has 0 radical (unpaired) electrons. The lowest BCUT2D eigenvalue weighted by Crippen LogP contribution is -2.31. The topological polar surface area (TPSA) is 87.5 Å². The van der Waals surface area contributed by atoms with Gasteiger partial charge in [-0.25, -0.2) is 4.98 Å². The molecule has 1 fully saturated rings. The Balaban J connectivity index is 1.70. The van der Waals surface area contributed by atoms with Crippen LogP contribution in [0.25, 0.3) is 0 Å². The van der Waals surface area contributed by atoms with Gasteiger partial charge in [0.1, 0.15) is 0 Å². The van der Waals surface area contributed by atoms with Gasteiger partial charge in [0.15, 0.2) is 12.5 Å². The van der Waals surface area contributed by atoms with Gasteiger partial charge >= 0.3 is 0 Å². The van der Waals surface area contributed by atoms with Gasteiger partial charge in [0.2, 0.25) is 0 Å². The maximum atomic E-state index is 11.3. The van der Waals surface area contributed by atoms with Crippen molar-refractivity contribution in [2.75, 3.05) is 11.4 Å². The summed E-state index contributed by atoms with van der Waals surface area (Å²) in [6.07, 6.45) is 5.27. The first-order valence-corrected chi connectivity index (χ1v) is 8.38. The van der Waals surface area contributed by atoms with Crippen LogP contribution in [0.1, 0.15) is 5.56 Å². The van der Waals surface area contributed by atoms with Crippen LogP contribution in [0.3, 0.4) is 0 Å². The fourth-order valence-electron chi connectivity index (χ4n) is 2.65. The largest absolute Gasteiger partial charge is 0.772 e. The van der Waals surface area contributed by atoms with Gasteiger partial charge in [-0.15, -0.1) is 0 Å². The predicted molar refractivity (Wildman–Crippen MR) is 83.4 cm³/mol. The molecule has 0 amide bonds. The van der Waals surface area contributed by atoms with Crippen molar-refractivity contribution in [3.63, 3.8) is 0 Å². The van der Waals surface area contributed by atoms with Gasteiger partial charge in [-0.3, -0.25) is 9.00 Å². The third-order valence-electron chi connectivity index (χ3n) is 3.68. The molecule has 122 valence electrons. The molecule has 0 bridgehead atoms. The molecule has 0 aliphatic carbocycles. The van der Waals surface area contributed by atoms with Crippen molar-refractivity contribution in [2.45, 2.75) is 24.6 Å². The minimum Gasteiger partial charge on any atom is -0.772 e. The Morgan fingerprint density at radius 1 is 1.39 bits per heavy atom. The molecule has 1 aromatic carbocycles. The number of aldehydes is 1. The predicted octanol–water partition coefficient (Wildman–Crippen LogP) is 0.693. The highest BCUT2D eigenvalue weighted by Gasteiger charge is 2.32. The smallest absolute Gasteiger partial charge is 0.187 e. The number of hydrogen-bond donors (Lipinski definition) is 0. The van der Waals surface area contributed by atoms with Crippen LogP contribution in [0.2, 0.25) is 0 Å². The number of carbonyl (C=O) groups excluding carboxylic acids is 1. The first kappa shape index (κ1) is 15.9. The van der Waals surface area contributed by atoms with Gasteiger partial charge < -0.3 is 18.8 Å². The molecule has 0 saturated carbocycles. The van der Waals surface area contributed by atoms with Crippen molar-refractivity contribution in [1.82, 2.24) is 9.55 Å². The van der Waals surface area contributed by atoms with Gasteiger partial charge in [0.25, 0.3) is 0 Å². The minimum atomic E-state index is -2.11. The quantitative estimate of drug-likeness (QED) is 0.571. The molecule has 1 aromatic heterocycles. The van der Waals surface area contributed by atoms with E-state index in [-0.39, 0.29) is 11.9 Å². The van der Waals surface area contributed by atoms with Crippen LogP contribution in [0, 0.1) is 0 Å². The second-order valence-corrected chi connectivity index (χ2v) is 6.21. The van der Waals surface area contributed by atoms with E-state index in [1.807, 2.05) is 27.8 Å². The maximum absolute atomic E-state index is 11.3. The molecule has 1 aliphatic rings. The van der Waals surface area contributed by atoms with Crippen LogP contribution < -0.4 is 4.90 Å². The van der Waals surface area contributed by atoms with E-state index in [4.69, 9.17) is 4.74 Å². The molecular weight excluding hydrogens is 318 g/mol. The summed E-state index contributed by atoms with van der Waals surface area (Å²) < 4.78 is 29.1. The van der Waals surface area contributed by atoms with E-state index in [1.54, 1.807) is 24.7 Å². The summed E-state index contributed by atoms with van der Waals surface area (Å²) in [5, 5.41) is 0. The molecule has 1 saturated heterocycles. The van der Waals surface area contributed by atoms with Crippen molar-refractivity contribution in [2.24, 2.45) is 0 Å². The van der Waals surface area contributed by atoms with Gasteiger partial charge in [0.05, 0.1) is 19.0 Å². The Bertz CT molecular complexity index is 675. The van der Waals surface area contributed by atoms with Gasteiger partial charge in [-0.2, -0.15) is 0 Å². The number of carbonyl (C=O) groups is 1. The fraction of sp³-hybridized carbons (Fsp3) is 0.333. The number of nitrogens with zero attached hydrogens (tertiary/aromatic N) is 3. The molecule has 7 nitrogen and oxygen atoms in total. The molecule has 2 unspecified atom stereocenters. The third kappa shape index (κ3) is 3.84. The Morgan fingerprint density at radius 2 is 2.17 bits per heavy atom. The Kier molecular flexibility index (Phi) is 4.85. The molecule has 2 heterocycles. The minimum absolute atomic E-state index is 0.0167. The number of rotatable bonds is 6. The normalized spacial score (nSPS) is 22.2. The van der Waals surface area contributed by atoms with Crippen LogP contribution in [0.4, 0.5) is 5.69 Å². The highest BCUT2D eigenvalue weighted by molar-refractivity contribution is 7.78. The zero-order chi connectivity index (χ0) is 16.2. The maximum Gasteiger partial charge on any atom is 0.187 e. The summed E-state index contributed by atoms with van der Waals surface area (Å²) in [4.78, 5) is 17.1. The first-order chi connectivity index (χ1) is 11.2. The van der Waals surface area contributed by atoms with E-state index in [1.165, 1.54) is 0 Å². The monoisotopic (exact) mass is 334 g/mol. The van der Waals surface area contributed by atoms with E-state index >= 15 is 0 Å². The molecule has 3 rings (SSSR count). The van der Waals surface area contributed by atoms with Crippen molar-refractivity contribution < 1.29 is 18.3 Å². The molecule has 23 heavy (non-hydrogen) atoms. The SMILES string of the molecule is O=CC1O[C@@H](Cn2ccnc2)CN1c1ccc(CS(=O)[O-])cc1. The molecule has 0 spiro atoms. The highest BCUT2D eigenvalue weighted by Crippen LogP contribution is 2.25. The summed E-state index contributed by atoms with van der Waals surface area (Å²) >= 11 is -2.11. The average Bonchev–Trinajstić information content (AvgIpc) is 3.17. The number of ether oxygens (including phenoxy) is 1. The van der Waals surface area contributed by atoms with Crippen LogP contribution in [0.5, 0.6) is 0 Å².